The average molecular weight is 409 g/mol. The quantitative estimate of drug-likeness (QED) is 0.705. The standard InChI is InChI=1S/C23H27N3O4/c1-16-20(17(2)25-23(28)21(16)12-24)8-9-22(27)30-15-19-14-26(10-11-29-19)13-18-6-4-3-5-7-18/h3-7,19H,8-11,13-15H2,1-2H3,(H,25,28). The summed E-state index contributed by atoms with van der Waals surface area (Å²) in [6.45, 7) is 6.75. The molecule has 30 heavy (non-hydrogen) atoms. The van der Waals surface area contributed by atoms with Crippen molar-refractivity contribution in [3.63, 3.8) is 0 Å². The number of carbonyl (C=O) groups excluding carboxylic acids is 1. The Bertz CT molecular complexity index is 978. The molecule has 158 valence electrons. The van der Waals surface area contributed by atoms with E-state index >= 15 is 0 Å². The molecule has 2 heterocycles. The van der Waals surface area contributed by atoms with Gasteiger partial charge < -0.3 is 14.5 Å². The van der Waals surface area contributed by atoms with E-state index in [1.807, 2.05) is 24.3 Å². The molecule has 0 spiro atoms. The average Bonchev–Trinajstić information content (AvgIpc) is 2.73. The van der Waals surface area contributed by atoms with Crippen molar-refractivity contribution in [3.05, 3.63) is 68.6 Å². The molecule has 0 saturated carbocycles. The van der Waals surface area contributed by atoms with Crippen molar-refractivity contribution in [3.8, 4) is 6.07 Å². The second kappa shape index (κ2) is 10.2. The zero-order chi connectivity index (χ0) is 21.5. The van der Waals surface area contributed by atoms with Crippen molar-refractivity contribution >= 4 is 5.97 Å². The third-order valence-corrected chi connectivity index (χ3v) is 5.40. The predicted molar refractivity (Wildman–Crippen MR) is 112 cm³/mol. The second-order valence-electron chi connectivity index (χ2n) is 7.57. The summed E-state index contributed by atoms with van der Waals surface area (Å²) in [7, 11) is 0. The number of nitrogens with zero attached hydrogens (tertiary/aromatic N) is 2. The first kappa shape index (κ1) is 21.8. The number of H-pyrrole nitrogens is 1. The summed E-state index contributed by atoms with van der Waals surface area (Å²) in [6, 6.07) is 12.2. The molecular weight excluding hydrogens is 382 g/mol. The number of rotatable bonds is 7. The molecule has 1 fully saturated rings. The van der Waals surface area contributed by atoms with E-state index in [0.717, 1.165) is 18.7 Å². The van der Waals surface area contributed by atoms with Gasteiger partial charge in [0.1, 0.15) is 24.3 Å². The Hall–Kier alpha value is -2.95. The van der Waals surface area contributed by atoms with Gasteiger partial charge in [-0.3, -0.25) is 14.5 Å². The third kappa shape index (κ3) is 5.56. The van der Waals surface area contributed by atoms with Gasteiger partial charge in [-0.05, 0) is 37.0 Å². The van der Waals surface area contributed by atoms with Gasteiger partial charge in [0, 0.05) is 31.7 Å². The first-order chi connectivity index (χ1) is 14.5. The monoisotopic (exact) mass is 409 g/mol. The first-order valence-electron chi connectivity index (χ1n) is 10.1. The van der Waals surface area contributed by atoms with Crippen LogP contribution >= 0.6 is 0 Å². The van der Waals surface area contributed by atoms with E-state index in [4.69, 9.17) is 14.7 Å². The number of pyridine rings is 1. The van der Waals surface area contributed by atoms with Gasteiger partial charge in [-0.2, -0.15) is 5.26 Å². The Kier molecular flexibility index (Phi) is 7.39. The van der Waals surface area contributed by atoms with Gasteiger partial charge in [0.25, 0.3) is 5.56 Å². The van der Waals surface area contributed by atoms with E-state index in [0.29, 0.717) is 30.8 Å². The SMILES string of the molecule is Cc1[nH]c(=O)c(C#N)c(C)c1CCC(=O)OCC1CN(Cc2ccccc2)CCO1. The van der Waals surface area contributed by atoms with Crippen LogP contribution in [0.3, 0.4) is 0 Å². The number of hydrogen-bond donors (Lipinski definition) is 1. The van der Waals surface area contributed by atoms with E-state index in [-0.39, 0.29) is 30.7 Å². The van der Waals surface area contributed by atoms with Gasteiger partial charge in [0.05, 0.1) is 6.61 Å². The highest BCUT2D eigenvalue weighted by Crippen LogP contribution is 2.16. The van der Waals surface area contributed by atoms with Crippen LogP contribution in [-0.4, -0.2) is 48.3 Å². The smallest absolute Gasteiger partial charge is 0.306 e. The lowest BCUT2D eigenvalue weighted by Crippen LogP contribution is -2.44. The molecule has 1 unspecified atom stereocenters. The van der Waals surface area contributed by atoms with E-state index < -0.39 is 5.56 Å². The molecule has 0 amide bonds. The highest BCUT2D eigenvalue weighted by molar-refractivity contribution is 5.70. The van der Waals surface area contributed by atoms with Crippen molar-refractivity contribution < 1.29 is 14.3 Å². The molecule has 0 bridgehead atoms. The molecule has 7 heteroatoms. The topological polar surface area (TPSA) is 95.4 Å². The van der Waals surface area contributed by atoms with Crippen LogP contribution in [0.25, 0.3) is 0 Å². The molecule has 1 atom stereocenters. The van der Waals surface area contributed by atoms with Crippen molar-refractivity contribution in [2.45, 2.75) is 39.3 Å². The van der Waals surface area contributed by atoms with Crippen molar-refractivity contribution in [2.24, 2.45) is 0 Å². The van der Waals surface area contributed by atoms with Crippen LogP contribution < -0.4 is 5.56 Å². The number of hydrogen-bond acceptors (Lipinski definition) is 6. The highest BCUT2D eigenvalue weighted by atomic mass is 16.6. The fraction of sp³-hybridized carbons (Fsp3) is 0.435. The molecule has 1 aliphatic rings. The normalized spacial score (nSPS) is 16.8. The number of aromatic amines is 1. The molecule has 1 aromatic carbocycles. The molecule has 0 radical (unpaired) electrons. The third-order valence-electron chi connectivity index (χ3n) is 5.40. The number of benzene rings is 1. The summed E-state index contributed by atoms with van der Waals surface area (Å²) < 4.78 is 11.2. The summed E-state index contributed by atoms with van der Waals surface area (Å²) in [6.07, 6.45) is 0.445. The number of esters is 1. The zero-order valence-corrected chi connectivity index (χ0v) is 17.4. The van der Waals surface area contributed by atoms with Crippen LogP contribution in [0.4, 0.5) is 0 Å². The Labute approximate surface area is 176 Å². The number of aryl methyl sites for hydroxylation is 1. The molecule has 1 aliphatic heterocycles. The maximum absolute atomic E-state index is 12.2. The first-order valence-corrected chi connectivity index (χ1v) is 10.1. The van der Waals surface area contributed by atoms with E-state index in [2.05, 4.69) is 22.0 Å². The summed E-state index contributed by atoms with van der Waals surface area (Å²) in [5.41, 5.74) is 3.06. The predicted octanol–water partition coefficient (Wildman–Crippen LogP) is 2.24. The van der Waals surface area contributed by atoms with Crippen LogP contribution in [0.5, 0.6) is 0 Å². The Morgan fingerprint density at radius 3 is 2.83 bits per heavy atom. The van der Waals surface area contributed by atoms with Gasteiger partial charge >= 0.3 is 5.97 Å². The largest absolute Gasteiger partial charge is 0.463 e. The van der Waals surface area contributed by atoms with E-state index in [1.54, 1.807) is 13.8 Å². The minimum absolute atomic E-state index is 0.0954. The van der Waals surface area contributed by atoms with Crippen LogP contribution in [0.2, 0.25) is 0 Å². The summed E-state index contributed by atoms with van der Waals surface area (Å²) in [5, 5.41) is 9.16. The zero-order valence-electron chi connectivity index (χ0n) is 17.4. The molecule has 2 aromatic rings. The van der Waals surface area contributed by atoms with Gasteiger partial charge in [-0.1, -0.05) is 30.3 Å². The number of nitrogens with one attached hydrogen (secondary N) is 1. The van der Waals surface area contributed by atoms with Crippen LogP contribution in [0.1, 0.15) is 34.4 Å². The molecule has 3 rings (SSSR count). The Morgan fingerprint density at radius 2 is 2.10 bits per heavy atom. The second-order valence-corrected chi connectivity index (χ2v) is 7.57. The Balaban J connectivity index is 1.48. The minimum Gasteiger partial charge on any atom is -0.463 e. The number of carbonyl (C=O) groups is 1. The van der Waals surface area contributed by atoms with Crippen molar-refractivity contribution in [1.82, 2.24) is 9.88 Å². The van der Waals surface area contributed by atoms with Crippen molar-refractivity contribution in [2.75, 3.05) is 26.3 Å². The maximum Gasteiger partial charge on any atom is 0.306 e. The number of ether oxygens (including phenoxy) is 2. The minimum atomic E-state index is -0.395. The van der Waals surface area contributed by atoms with Crippen LogP contribution in [0, 0.1) is 25.2 Å². The van der Waals surface area contributed by atoms with Crippen molar-refractivity contribution in [1.29, 1.82) is 5.26 Å². The lowest BCUT2D eigenvalue weighted by atomic mass is 9.99. The number of aromatic nitrogens is 1. The van der Waals surface area contributed by atoms with Crippen LogP contribution in [0.15, 0.2) is 35.1 Å². The van der Waals surface area contributed by atoms with Gasteiger partial charge in [-0.25, -0.2) is 0 Å². The molecule has 1 N–H and O–H groups in total. The van der Waals surface area contributed by atoms with E-state index in [9.17, 15) is 9.59 Å². The number of morpholine rings is 1. The molecule has 1 aromatic heterocycles. The highest BCUT2D eigenvalue weighted by Gasteiger charge is 2.22. The molecule has 1 saturated heterocycles. The molecule has 0 aliphatic carbocycles. The summed E-state index contributed by atoms with van der Waals surface area (Å²) in [5.74, 6) is -0.317. The maximum atomic E-state index is 12.2. The molecule has 7 nitrogen and oxygen atoms in total. The Morgan fingerprint density at radius 1 is 1.33 bits per heavy atom. The fourth-order valence-corrected chi connectivity index (χ4v) is 3.77. The summed E-state index contributed by atoms with van der Waals surface area (Å²) in [4.78, 5) is 29.0. The van der Waals surface area contributed by atoms with Gasteiger partial charge in [0.15, 0.2) is 0 Å². The lowest BCUT2D eigenvalue weighted by Gasteiger charge is -2.32. The van der Waals surface area contributed by atoms with E-state index in [1.165, 1.54) is 5.56 Å². The fourth-order valence-electron chi connectivity index (χ4n) is 3.77. The lowest BCUT2D eigenvalue weighted by molar-refractivity contribution is -0.150. The summed E-state index contributed by atoms with van der Waals surface area (Å²) >= 11 is 0. The van der Waals surface area contributed by atoms with Gasteiger partial charge in [0.2, 0.25) is 0 Å². The van der Waals surface area contributed by atoms with Crippen LogP contribution in [-0.2, 0) is 27.2 Å². The molecular formula is C23H27N3O4. The van der Waals surface area contributed by atoms with Gasteiger partial charge in [-0.15, -0.1) is 0 Å². The number of nitriles is 1.